The van der Waals surface area contributed by atoms with Gasteiger partial charge in [0.25, 0.3) is 5.91 Å². The van der Waals surface area contributed by atoms with Crippen molar-refractivity contribution in [2.24, 2.45) is 0 Å². The molecule has 1 saturated heterocycles. The Bertz CT molecular complexity index is 1290. The summed E-state index contributed by atoms with van der Waals surface area (Å²) in [5, 5.41) is 2.88. The maximum absolute atomic E-state index is 14.0. The second-order valence-corrected chi connectivity index (χ2v) is 9.50. The second kappa shape index (κ2) is 8.08. The van der Waals surface area contributed by atoms with E-state index in [1.54, 1.807) is 4.90 Å². The number of fused-ring (bicyclic) bond motifs is 2. The Hall–Kier alpha value is -3.58. The standard InChI is InChI=1S/C26H23N3O3S/c1-17-7-5-9-19(13-17)27-23(30)15-28-22-12-4-3-11-21(22)26(25(28)32)29(24(31)16-33-26)20-10-6-8-18(2)14-20/h3-14H,15-16H2,1-2H3,(H,27,30)/t26-/m1/s1. The van der Waals surface area contributed by atoms with E-state index in [4.69, 9.17) is 0 Å². The number of nitrogens with zero attached hydrogens (tertiary/aromatic N) is 2. The summed E-state index contributed by atoms with van der Waals surface area (Å²) in [5.74, 6) is -0.505. The van der Waals surface area contributed by atoms with Gasteiger partial charge < -0.3 is 5.32 Å². The van der Waals surface area contributed by atoms with E-state index in [9.17, 15) is 14.4 Å². The smallest absolute Gasteiger partial charge is 0.269 e. The molecule has 33 heavy (non-hydrogen) atoms. The van der Waals surface area contributed by atoms with Crippen LogP contribution in [-0.4, -0.2) is 30.0 Å². The van der Waals surface area contributed by atoms with Crippen LogP contribution in [0.2, 0.25) is 0 Å². The van der Waals surface area contributed by atoms with E-state index in [0.717, 1.165) is 16.7 Å². The summed E-state index contributed by atoms with van der Waals surface area (Å²) in [6.45, 7) is 3.77. The first-order chi connectivity index (χ1) is 15.9. The molecule has 2 aliphatic heterocycles. The Morgan fingerprint density at radius 1 is 0.970 bits per heavy atom. The molecule has 2 heterocycles. The van der Waals surface area contributed by atoms with Crippen molar-refractivity contribution in [3.63, 3.8) is 0 Å². The van der Waals surface area contributed by atoms with Crippen molar-refractivity contribution in [3.8, 4) is 0 Å². The van der Waals surface area contributed by atoms with Crippen molar-refractivity contribution >= 4 is 46.5 Å². The summed E-state index contributed by atoms with van der Waals surface area (Å²) < 4.78 is 0. The first-order valence-corrected chi connectivity index (χ1v) is 11.7. The predicted octanol–water partition coefficient (Wildman–Crippen LogP) is 4.22. The van der Waals surface area contributed by atoms with Crippen LogP contribution in [0.3, 0.4) is 0 Å². The molecule has 0 radical (unpaired) electrons. The molecule has 1 spiro atoms. The number of thioether (sulfide) groups is 1. The number of rotatable bonds is 4. The molecule has 0 bridgehead atoms. The molecule has 1 atom stereocenters. The lowest BCUT2D eigenvalue weighted by Crippen LogP contribution is -2.50. The van der Waals surface area contributed by atoms with Crippen LogP contribution < -0.4 is 15.1 Å². The van der Waals surface area contributed by atoms with E-state index >= 15 is 0 Å². The molecular formula is C26H23N3O3S. The van der Waals surface area contributed by atoms with Gasteiger partial charge >= 0.3 is 0 Å². The molecular weight excluding hydrogens is 434 g/mol. The van der Waals surface area contributed by atoms with E-state index in [1.165, 1.54) is 16.7 Å². The fraction of sp³-hybridized carbons (Fsp3) is 0.192. The largest absolute Gasteiger partial charge is 0.325 e. The topological polar surface area (TPSA) is 69.7 Å². The third-order valence-corrected chi connectivity index (χ3v) is 7.31. The Labute approximate surface area is 196 Å². The van der Waals surface area contributed by atoms with Gasteiger partial charge in [0.1, 0.15) is 6.54 Å². The van der Waals surface area contributed by atoms with Crippen molar-refractivity contribution in [2.45, 2.75) is 18.7 Å². The van der Waals surface area contributed by atoms with Gasteiger partial charge in [-0.2, -0.15) is 0 Å². The zero-order chi connectivity index (χ0) is 23.2. The third-order valence-electron chi connectivity index (χ3n) is 5.93. The minimum absolute atomic E-state index is 0.125. The van der Waals surface area contributed by atoms with Gasteiger partial charge in [-0.25, -0.2) is 0 Å². The number of para-hydroxylation sites is 1. The fourth-order valence-corrected chi connectivity index (χ4v) is 5.91. The molecule has 1 N–H and O–H groups in total. The Kier molecular flexibility index (Phi) is 5.21. The third kappa shape index (κ3) is 3.49. The van der Waals surface area contributed by atoms with Gasteiger partial charge in [0.15, 0.2) is 0 Å². The average molecular weight is 458 g/mol. The van der Waals surface area contributed by atoms with Gasteiger partial charge in [0.2, 0.25) is 16.7 Å². The van der Waals surface area contributed by atoms with Gasteiger partial charge in [-0.05, 0) is 55.3 Å². The maximum Gasteiger partial charge on any atom is 0.269 e. The number of hydrogen-bond acceptors (Lipinski definition) is 4. The van der Waals surface area contributed by atoms with E-state index in [0.29, 0.717) is 17.1 Å². The molecule has 3 aromatic rings. The van der Waals surface area contributed by atoms with Crippen LogP contribution in [0.15, 0.2) is 72.8 Å². The molecule has 7 heteroatoms. The number of hydrogen-bond donors (Lipinski definition) is 1. The predicted molar refractivity (Wildman–Crippen MR) is 131 cm³/mol. The first kappa shape index (κ1) is 21.3. The Morgan fingerprint density at radius 2 is 1.70 bits per heavy atom. The van der Waals surface area contributed by atoms with E-state index in [1.807, 2.05) is 86.6 Å². The molecule has 1 fully saturated rings. The molecule has 2 aliphatic rings. The van der Waals surface area contributed by atoms with Crippen LogP contribution in [0, 0.1) is 13.8 Å². The Balaban J connectivity index is 1.52. The number of carbonyl (C=O) groups excluding carboxylic acids is 3. The van der Waals surface area contributed by atoms with Crippen molar-refractivity contribution in [3.05, 3.63) is 89.5 Å². The molecule has 0 aliphatic carbocycles. The average Bonchev–Trinajstić information content (AvgIpc) is 3.25. The van der Waals surface area contributed by atoms with Crippen molar-refractivity contribution in [1.29, 1.82) is 0 Å². The number of aryl methyl sites for hydroxylation is 2. The zero-order valence-electron chi connectivity index (χ0n) is 18.4. The van der Waals surface area contributed by atoms with Crippen molar-refractivity contribution in [2.75, 3.05) is 27.4 Å². The summed E-state index contributed by atoms with van der Waals surface area (Å²) in [4.78, 5) is 41.8. The lowest BCUT2D eigenvalue weighted by Gasteiger charge is -2.33. The van der Waals surface area contributed by atoms with Crippen molar-refractivity contribution < 1.29 is 14.4 Å². The highest BCUT2D eigenvalue weighted by Crippen LogP contribution is 2.55. The van der Waals surface area contributed by atoms with Gasteiger partial charge in [0.05, 0.1) is 11.4 Å². The lowest BCUT2D eigenvalue weighted by atomic mass is 10.0. The highest BCUT2D eigenvalue weighted by Gasteiger charge is 2.61. The summed E-state index contributed by atoms with van der Waals surface area (Å²) >= 11 is 1.31. The number of nitrogens with one attached hydrogen (secondary N) is 1. The highest BCUT2D eigenvalue weighted by atomic mass is 32.2. The van der Waals surface area contributed by atoms with E-state index in [-0.39, 0.29) is 30.0 Å². The minimum Gasteiger partial charge on any atom is -0.325 e. The number of benzene rings is 3. The Morgan fingerprint density at radius 3 is 2.45 bits per heavy atom. The van der Waals surface area contributed by atoms with E-state index in [2.05, 4.69) is 5.32 Å². The normalized spacial score (nSPS) is 19.3. The van der Waals surface area contributed by atoms with Gasteiger partial charge in [0, 0.05) is 16.9 Å². The van der Waals surface area contributed by atoms with Crippen LogP contribution in [0.5, 0.6) is 0 Å². The number of anilines is 3. The first-order valence-electron chi connectivity index (χ1n) is 10.7. The SMILES string of the molecule is Cc1cccc(NC(=O)CN2C(=O)[C@]3(SCC(=O)N3c3cccc(C)c3)c3ccccc32)c1. The molecule has 3 aromatic carbocycles. The minimum atomic E-state index is -1.22. The molecule has 166 valence electrons. The van der Waals surface area contributed by atoms with Gasteiger partial charge in [-0.15, -0.1) is 11.8 Å². The quantitative estimate of drug-likeness (QED) is 0.637. The second-order valence-electron chi connectivity index (χ2n) is 8.33. The molecule has 5 rings (SSSR count). The molecule has 0 saturated carbocycles. The van der Waals surface area contributed by atoms with Crippen LogP contribution in [0.4, 0.5) is 17.1 Å². The molecule has 0 unspecified atom stereocenters. The van der Waals surface area contributed by atoms with Crippen LogP contribution in [0.1, 0.15) is 16.7 Å². The summed E-state index contributed by atoms with van der Waals surface area (Å²) in [7, 11) is 0. The number of amides is 3. The van der Waals surface area contributed by atoms with E-state index < -0.39 is 4.87 Å². The highest BCUT2D eigenvalue weighted by molar-refractivity contribution is 8.02. The zero-order valence-corrected chi connectivity index (χ0v) is 19.2. The molecule has 3 amide bonds. The summed E-state index contributed by atoms with van der Waals surface area (Å²) in [6.07, 6.45) is 0. The van der Waals surface area contributed by atoms with Gasteiger partial charge in [-0.3, -0.25) is 24.2 Å². The number of carbonyl (C=O) groups is 3. The molecule has 6 nitrogen and oxygen atoms in total. The van der Waals surface area contributed by atoms with Crippen LogP contribution in [0.25, 0.3) is 0 Å². The van der Waals surface area contributed by atoms with Crippen LogP contribution in [-0.2, 0) is 19.3 Å². The molecule has 0 aromatic heterocycles. The monoisotopic (exact) mass is 457 g/mol. The van der Waals surface area contributed by atoms with Gasteiger partial charge in [-0.1, -0.05) is 42.5 Å². The summed E-state index contributed by atoms with van der Waals surface area (Å²) in [6, 6.07) is 22.5. The summed E-state index contributed by atoms with van der Waals surface area (Å²) in [5.41, 5.74) is 4.78. The fourth-order valence-electron chi connectivity index (χ4n) is 4.55. The maximum atomic E-state index is 14.0. The van der Waals surface area contributed by atoms with Crippen LogP contribution >= 0.6 is 11.8 Å². The van der Waals surface area contributed by atoms with Crippen molar-refractivity contribution in [1.82, 2.24) is 0 Å². The lowest BCUT2D eigenvalue weighted by molar-refractivity contribution is -0.124.